The number of methoxy groups -OCH3 is 1. The molecular formula is C29H31FN2O2. The van der Waals surface area contributed by atoms with Gasteiger partial charge in [0.05, 0.1) is 7.11 Å². The number of halogens is 1. The molecule has 3 aromatic rings. The molecule has 0 aliphatic carbocycles. The summed E-state index contributed by atoms with van der Waals surface area (Å²) in [6.45, 7) is 9.20. The van der Waals surface area contributed by atoms with Crippen LogP contribution in [0.4, 0.5) is 10.1 Å². The van der Waals surface area contributed by atoms with Crippen LogP contribution in [0.5, 0.6) is 11.5 Å². The molecule has 1 fully saturated rings. The molecule has 176 valence electrons. The van der Waals surface area contributed by atoms with Crippen molar-refractivity contribution in [1.82, 2.24) is 4.90 Å². The van der Waals surface area contributed by atoms with Gasteiger partial charge in [-0.15, -0.1) is 0 Å². The molecule has 0 amide bonds. The summed E-state index contributed by atoms with van der Waals surface area (Å²) in [5.41, 5.74) is 6.52. The predicted molar refractivity (Wildman–Crippen MR) is 136 cm³/mol. The van der Waals surface area contributed by atoms with Gasteiger partial charge in [-0.2, -0.15) is 0 Å². The van der Waals surface area contributed by atoms with Gasteiger partial charge in [-0.1, -0.05) is 24.3 Å². The molecule has 4 nitrogen and oxygen atoms in total. The van der Waals surface area contributed by atoms with Crippen LogP contribution >= 0.6 is 0 Å². The molecule has 0 unspecified atom stereocenters. The van der Waals surface area contributed by atoms with Crippen molar-refractivity contribution in [2.24, 2.45) is 0 Å². The van der Waals surface area contributed by atoms with Gasteiger partial charge in [-0.05, 0) is 66.9 Å². The maximum atomic E-state index is 13.6. The molecule has 2 heterocycles. The normalized spacial score (nSPS) is 16.4. The Balaban J connectivity index is 1.51. The van der Waals surface area contributed by atoms with Gasteiger partial charge in [-0.25, -0.2) is 4.39 Å². The molecule has 0 bridgehead atoms. The Morgan fingerprint density at radius 1 is 0.853 bits per heavy atom. The number of ether oxygens (including phenoxy) is 2. The summed E-state index contributed by atoms with van der Waals surface area (Å²) in [4.78, 5) is 4.98. The summed E-state index contributed by atoms with van der Waals surface area (Å²) < 4.78 is 25.1. The molecule has 0 aromatic heterocycles. The second kappa shape index (κ2) is 9.51. The molecule has 3 aromatic carbocycles. The largest absolute Gasteiger partial charge is 0.497 e. The van der Waals surface area contributed by atoms with Crippen molar-refractivity contribution >= 4 is 16.8 Å². The molecule has 0 saturated carbocycles. The predicted octanol–water partition coefficient (Wildman–Crippen LogP) is 5.72. The van der Waals surface area contributed by atoms with Gasteiger partial charge < -0.3 is 14.4 Å². The lowest BCUT2D eigenvalue weighted by molar-refractivity contribution is 0.209. The Hall–Kier alpha value is -3.31. The molecule has 0 spiro atoms. The number of anilines is 1. The first-order valence-electron chi connectivity index (χ1n) is 11.9. The van der Waals surface area contributed by atoms with Crippen molar-refractivity contribution in [2.45, 2.75) is 19.9 Å². The molecule has 5 heteroatoms. The third-order valence-corrected chi connectivity index (χ3v) is 6.89. The fourth-order valence-electron chi connectivity index (χ4n) is 4.88. The number of benzene rings is 3. The van der Waals surface area contributed by atoms with E-state index in [2.05, 4.69) is 47.9 Å². The zero-order chi connectivity index (χ0) is 23.7. The van der Waals surface area contributed by atoms with E-state index in [9.17, 15) is 4.39 Å². The van der Waals surface area contributed by atoms with Crippen molar-refractivity contribution in [3.63, 3.8) is 0 Å². The van der Waals surface area contributed by atoms with Crippen LogP contribution in [-0.4, -0.2) is 50.8 Å². The fraction of sp³-hybridized carbons (Fsp3) is 0.310. The van der Waals surface area contributed by atoms with E-state index in [1.807, 2.05) is 30.3 Å². The molecule has 34 heavy (non-hydrogen) atoms. The molecule has 1 saturated heterocycles. The van der Waals surface area contributed by atoms with Crippen molar-refractivity contribution in [3.05, 3.63) is 89.2 Å². The van der Waals surface area contributed by atoms with Crippen LogP contribution in [0.25, 0.3) is 11.1 Å². The number of hydrogen-bond donors (Lipinski definition) is 0. The van der Waals surface area contributed by atoms with E-state index < -0.39 is 0 Å². The Kier molecular flexibility index (Phi) is 6.29. The fourth-order valence-corrected chi connectivity index (χ4v) is 4.88. The zero-order valence-corrected chi connectivity index (χ0v) is 20.1. The maximum absolute atomic E-state index is 13.6. The molecule has 2 aliphatic heterocycles. The van der Waals surface area contributed by atoms with E-state index in [-0.39, 0.29) is 5.82 Å². The Morgan fingerprint density at radius 2 is 1.53 bits per heavy atom. The second-order valence-electron chi connectivity index (χ2n) is 9.17. The number of rotatable bonds is 5. The standard InChI is InChI=1S/C29H31FN2O2/c1-20(2)31-14-16-32(17-15-31)24-10-6-22(7-11-24)29-26-13-12-25(33-3)18-28(26)34-19-27(29)21-4-8-23(30)9-5-21/h4-13,18,20H,14-17,19H2,1-3H3. The van der Waals surface area contributed by atoms with E-state index >= 15 is 0 Å². The van der Waals surface area contributed by atoms with E-state index in [0.29, 0.717) is 12.6 Å². The highest BCUT2D eigenvalue weighted by molar-refractivity contribution is 6.01. The summed E-state index contributed by atoms with van der Waals surface area (Å²) in [7, 11) is 1.66. The molecule has 0 atom stereocenters. The highest BCUT2D eigenvalue weighted by Gasteiger charge is 2.24. The minimum absolute atomic E-state index is 0.241. The van der Waals surface area contributed by atoms with E-state index in [4.69, 9.17) is 9.47 Å². The number of piperazine rings is 1. The van der Waals surface area contributed by atoms with Gasteiger partial charge in [-0.3, -0.25) is 4.90 Å². The van der Waals surface area contributed by atoms with E-state index in [1.165, 1.54) is 17.8 Å². The zero-order valence-electron chi connectivity index (χ0n) is 20.1. The lowest BCUT2D eigenvalue weighted by atomic mass is 9.87. The van der Waals surface area contributed by atoms with Crippen LogP contribution < -0.4 is 14.4 Å². The summed E-state index contributed by atoms with van der Waals surface area (Å²) in [5.74, 6) is 1.32. The number of hydrogen-bond acceptors (Lipinski definition) is 4. The topological polar surface area (TPSA) is 24.9 Å². The lowest BCUT2D eigenvalue weighted by Gasteiger charge is -2.38. The quantitative estimate of drug-likeness (QED) is 0.489. The highest BCUT2D eigenvalue weighted by atomic mass is 19.1. The smallest absolute Gasteiger partial charge is 0.131 e. The van der Waals surface area contributed by atoms with Gasteiger partial charge in [0, 0.05) is 55.1 Å². The van der Waals surface area contributed by atoms with Gasteiger partial charge >= 0.3 is 0 Å². The third-order valence-electron chi connectivity index (χ3n) is 6.89. The summed E-state index contributed by atoms with van der Waals surface area (Å²) >= 11 is 0. The molecule has 0 N–H and O–H groups in total. The van der Waals surface area contributed by atoms with Crippen LogP contribution in [0.1, 0.15) is 30.5 Å². The van der Waals surface area contributed by atoms with Crippen molar-refractivity contribution < 1.29 is 13.9 Å². The maximum Gasteiger partial charge on any atom is 0.131 e. The Morgan fingerprint density at radius 3 is 2.18 bits per heavy atom. The summed E-state index contributed by atoms with van der Waals surface area (Å²) in [6, 6.07) is 22.0. The van der Waals surface area contributed by atoms with Crippen molar-refractivity contribution in [2.75, 3.05) is 44.8 Å². The molecular weight excluding hydrogens is 427 g/mol. The van der Waals surface area contributed by atoms with Crippen molar-refractivity contribution in [1.29, 1.82) is 0 Å². The van der Waals surface area contributed by atoms with Crippen molar-refractivity contribution in [3.8, 4) is 11.5 Å². The second-order valence-corrected chi connectivity index (χ2v) is 9.17. The summed E-state index contributed by atoms with van der Waals surface area (Å²) in [6.07, 6.45) is 0. The van der Waals surface area contributed by atoms with Crippen LogP contribution in [0, 0.1) is 5.82 Å². The van der Waals surface area contributed by atoms with Crippen LogP contribution in [-0.2, 0) is 0 Å². The minimum atomic E-state index is -0.241. The van der Waals surface area contributed by atoms with E-state index in [0.717, 1.165) is 65.5 Å². The molecule has 2 aliphatic rings. The SMILES string of the molecule is COc1ccc2c(c1)OCC(c1ccc(F)cc1)=C2c1ccc(N2CCN(C(C)C)CC2)cc1. The lowest BCUT2D eigenvalue weighted by Crippen LogP contribution is -2.48. The summed E-state index contributed by atoms with van der Waals surface area (Å²) in [5, 5.41) is 0. The van der Waals surface area contributed by atoms with Gasteiger partial charge in [0.15, 0.2) is 0 Å². The van der Waals surface area contributed by atoms with Crippen LogP contribution in [0.2, 0.25) is 0 Å². The van der Waals surface area contributed by atoms with Crippen LogP contribution in [0.3, 0.4) is 0 Å². The van der Waals surface area contributed by atoms with Gasteiger partial charge in [0.2, 0.25) is 0 Å². The molecule has 0 radical (unpaired) electrons. The minimum Gasteiger partial charge on any atom is -0.497 e. The average molecular weight is 459 g/mol. The van der Waals surface area contributed by atoms with Gasteiger partial charge in [0.25, 0.3) is 0 Å². The number of fused-ring (bicyclic) bond motifs is 1. The monoisotopic (exact) mass is 458 g/mol. The van der Waals surface area contributed by atoms with Gasteiger partial charge in [0.1, 0.15) is 23.9 Å². The first kappa shape index (κ1) is 22.5. The third kappa shape index (κ3) is 4.40. The van der Waals surface area contributed by atoms with Crippen LogP contribution in [0.15, 0.2) is 66.7 Å². The first-order valence-corrected chi connectivity index (χ1v) is 11.9. The first-order chi connectivity index (χ1) is 16.5. The van der Waals surface area contributed by atoms with E-state index in [1.54, 1.807) is 7.11 Å². The number of nitrogens with zero attached hydrogens (tertiary/aromatic N) is 2. The Labute approximate surface area is 201 Å². The average Bonchev–Trinajstić information content (AvgIpc) is 2.88. The Bertz CT molecular complexity index is 1180. The highest BCUT2D eigenvalue weighted by Crippen LogP contribution is 2.42. The molecule has 5 rings (SSSR count).